The summed E-state index contributed by atoms with van der Waals surface area (Å²) in [7, 11) is 0. The fraction of sp³-hybridized carbons (Fsp3) is 0.500. The van der Waals surface area contributed by atoms with Gasteiger partial charge >= 0.3 is 0 Å². The smallest absolute Gasteiger partial charge is 0.251 e. The van der Waals surface area contributed by atoms with Crippen molar-refractivity contribution in [2.24, 2.45) is 5.41 Å². The van der Waals surface area contributed by atoms with Gasteiger partial charge in [0.2, 0.25) is 0 Å². The van der Waals surface area contributed by atoms with Crippen molar-refractivity contribution in [3.63, 3.8) is 0 Å². The molecule has 1 amide bonds. The molecule has 18 heavy (non-hydrogen) atoms. The van der Waals surface area contributed by atoms with E-state index in [9.17, 15) is 4.79 Å². The van der Waals surface area contributed by atoms with E-state index in [0.717, 1.165) is 23.0 Å². The molecule has 1 aromatic rings. The molecule has 1 aliphatic rings. The van der Waals surface area contributed by atoms with E-state index in [0.29, 0.717) is 11.4 Å². The van der Waals surface area contributed by atoms with Crippen LogP contribution in [0.2, 0.25) is 0 Å². The minimum absolute atomic E-state index is 0.00320. The first-order valence-electron chi connectivity index (χ1n) is 6.17. The Morgan fingerprint density at radius 1 is 1.50 bits per heavy atom. The molecule has 2 rings (SSSR count). The molecule has 0 saturated heterocycles. The Kier molecular flexibility index (Phi) is 4.33. The Bertz CT molecular complexity index is 457. The second-order valence-electron chi connectivity index (χ2n) is 5.09. The molecule has 98 valence electrons. The average Bonchev–Trinajstić information content (AvgIpc) is 3.11. The van der Waals surface area contributed by atoms with E-state index < -0.39 is 0 Å². The molecule has 0 aromatic heterocycles. The summed E-state index contributed by atoms with van der Waals surface area (Å²) in [6.07, 6.45) is 3.35. The van der Waals surface area contributed by atoms with Gasteiger partial charge in [0, 0.05) is 22.5 Å². The van der Waals surface area contributed by atoms with Crippen LogP contribution in [-0.4, -0.2) is 18.3 Å². The van der Waals surface area contributed by atoms with Gasteiger partial charge in [-0.25, -0.2) is 0 Å². The number of alkyl halides is 1. The Morgan fingerprint density at radius 3 is 2.78 bits per heavy atom. The summed E-state index contributed by atoms with van der Waals surface area (Å²) in [6.45, 7) is 2.75. The van der Waals surface area contributed by atoms with E-state index in [4.69, 9.17) is 11.6 Å². The first kappa shape index (κ1) is 13.9. The normalized spacial score (nSPS) is 16.4. The summed E-state index contributed by atoms with van der Waals surface area (Å²) in [5.41, 5.74) is 2.11. The van der Waals surface area contributed by atoms with Crippen molar-refractivity contribution in [1.82, 2.24) is 5.32 Å². The highest BCUT2D eigenvalue weighted by molar-refractivity contribution is 9.10. The van der Waals surface area contributed by atoms with E-state index in [1.165, 1.54) is 12.8 Å². The zero-order valence-electron chi connectivity index (χ0n) is 10.4. The molecule has 1 fully saturated rings. The average molecular weight is 331 g/mol. The summed E-state index contributed by atoms with van der Waals surface area (Å²) in [6, 6.07) is 5.67. The number of carbonyl (C=O) groups excluding carboxylic acids is 1. The first-order chi connectivity index (χ1) is 8.56. The number of rotatable bonds is 5. The molecule has 2 nitrogen and oxygen atoms in total. The SMILES string of the molecule is Cc1ccc(C(=O)NCC2(CCCl)CC2)cc1Br. The minimum Gasteiger partial charge on any atom is -0.351 e. The molecule has 1 aromatic carbocycles. The molecule has 1 N–H and O–H groups in total. The van der Waals surface area contributed by atoms with Gasteiger partial charge in [-0.15, -0.1) is 11.6 Å². The highest BCUT2D eigenvalue weighted by atomic mass is 79.9. The monoisotopic (exact) mass is 329 g/mol. The number of nitrogens with one attached hydrogen (secondary N) is 1. The van der Waals surface area contributed by atoms with Crippen LogP contribution in [0.25, 0.3) is 0 Å². The lowest BCUT2D eigenvalue weighted by atomic mass is 10.0. The minimum atomic E-state index is -0.00320. The molecule has 0 atom stereocenters. The van der Waals surface area contributed by atoms with E-state index in [-0.39, 0.29) is 11.3 Å². The van der Waals surface area contributed by atoms with Crippen LogP contribution < -0.4 is 5.32 Å². The highest BCUT2D eigenvalue weighted by Gasteiger charge is 2.41. The molecular weight excluding hydrogens is 314 g/mol. The van der Waals surface area contributed by atoms with Gasteiger partial charge in [0.1, 0.15) is 0 Å². The Labute approximate surface area is 121 Å². The van der Waals surface area contributed by atoms with Gasteiger partial charge in [0.25, 0.3) is 5.91 Å². The third kappa shape index (κ3) is 3.27. The van der Waals surface area contributed by atoms with Crippen LogP contribution in [0.1, 0.15) is 35.2 Å². The molecule has 1 saturated carbocycles. The lowest BCUT2D eigenvalue weighted by molar-refractivity contribution is 0.0944. The number of halogens is 2. The summed E-state index contributed by atoms with van der Waals surface area (Å²) in [5, 5.41) is 3.01. The second-order valence-corrected chi connectivity index (χ2v) is 6.32. The zero-order chi connectivity index (χ0) is 13.2. The van der Waals surface area contributed by atoms with E-state index in [1.54, 1.807) is 0 Å². The summed E-state index contributed by atoms with van der Waals surface area (Å²) < 4.78 is 0.969. The van der Waals surface area contributed by atoms with E-state index >= 15 is 0 Å². The standard InChI is InChI=1S/C14H17BrClNO/c1-10-2-3-11(8-12(10)15)13(18)17-9-14(4-5-14)6-7-16/h2-3,8H,4-7,9H2,1H3,(H,17,18). The number of hydrogen-bond acceptors (Lipinski definition) is 1. The van der Waals surface area contributed by atoms with Crippen LogP contribution in [-0.2, 0) is 0 Å². The maximum atomic E-state index is 12.0. The number of benzene rings is 1. The molecule has 4 heteroatoms. The van der Waals surface area contributed by atoms with Crippen LogP contribution in [0, 0.1) is 12.3 Å². The van der Waals surface area contributed by atoms with Crippen LogP contribution in [0.4, 0.5) is 0 Å². The predicted molar refractivity (Wildman–Crippen MR) is 78.2 cm³/mol. The highest BCUT2D eigenvalue weighted by Crippen LogP contribution is 2.48. The van der Waals surface area contributed by atoms with Crippen molar-refractivity contribution in [3.8, 4) is 0 Å². The number of amides is 1. The lowest BCUT2D eigenvalue weighted by Gasteiger charge is -2.14. The van der Waals surface area contributed by atoms with Gasteiger partial charge in [-0.05, 0) is 49.3 Å². The lowest BCUT2D eigenvalue weighted by Crippen LogP contribution is -2.30. The molecule has 1 aliphatic carbocycles. The first-order valence-corrected chi connectivity index (χ1v) is 7.49. The maximum Gasteiger partial charge on any atom is 0.251 e. The van der Waals surface area contributed by atoms with Crippen LogP contribution >= 0.6 is 27.5 Å². The van der Waals surface area contributed by atoms with Gasteiger partial charge in [-0.2, -0.15) is 0 Å². The molecule has 0 bridgehead atoms. The van der Waals surface area contributed by atoms with Crippen LogP contribution in [0.5, 0.6) is 0 Å². The number of aryl methyl sites for hydroxylation is 1. The maximum absolute atomic E-state index is 12.0. The molecule has 0 aliphatic heterocycles. The van der Waals surface area contributed by atoms with E-state index in [2.05, 4.69) is 21.2 Å². The van der Waals surface area contributed by atoms with Gasteiger partial charge in [-0.3, -0.25) is 4.79 Å². The van der Waals surface area contributed by atoms with Crippen LogP contribution in [0.3, 0.4) is 0 Å². The summed E-state index contributed by atoms with van der Waals surface area (Å²) in [5.74, 6) is 0.669. The Balaban J connectivity index is 1.93. The molecular formula is C14H17BrClNO. The molecule has 0 spiro atoms. The van der Waals surface area contributed by atoms with Gasteiger partial charge in [0.05, 0.1) is 0 Å². The van der Waals surface area contributed by atoms with E-state index in [1.807, 2.05) is 25.1 Å². The van der Waals surface area contributed by atoms with Crippen molar-refractivity contribution in [1.29, 1.82) is 0 Å². The topological polar surface area (TPSA) is 29.1 Å². The molecule has 0 heterocycles. The van der Waals surface area contributed by atoms with Gasteiger partial charge in [-0.1, -0.05) is 22.0 Å². The zero-order valence-corrected chi connectivity index (χ0v) is 12.8. The van der Waals surface area contributed by atoms with Crippen molar-refractivity contribution in [3.05, 3.63) is 33.8 Å². The van der Waals surface area contributed by atoms with Crippen molar-refractivity contribution >= 4 is 33.4 Å². The van der Waals surface area contributed by atoms with Crippen molar-refractivity contribution < 1.29 is 4.79 Å². The fourth-order valence-electron chi connectivity index (χ4n) is 2.00. The van der Waals surface area contributed by atoms with Gasteiger partial charge < -0.3 is 5.32 Å². The Morgan fingerprint density at radius 2 is 2.22 bits per heavy atom. The fourth-order valence-corrected chi connectivity index (χ4v) is 2.78. The molecule has 0 unspecified atom stereocenters. The quantitative estimate of drug-likeness (QED) is 0.815. The van der Waals surface area contributed by atoms with Gasteiger partial charge in [0.15, 0.2) is 0 Å². The van der Waals surface area contributed by atoms with Crippen molar-refractivity contribution in [2.45, 2.75) is 26.2 Å². The second kappa shape index (κ2) is 5.62. The number of carbonyl (C=O) groups is 1. The summed E-state index contributed by atoms with van der Waals surface area (Å²) >= 11 is 9.22. The number of hydrogen-bond donors (Lipinski definition) is 1. The predicted octanol–water partition coefficient (Wildman–Crippen LogP) is 3.90. The summed E-state index contributed by atoms with van der Waals surface area (Å²) in [4.78, 5) is 12.0. The Hall–Kier alpha value is -0.540. The third-order valence-corrected chi connectivity index (χ3v) is 4.68. The largest absolute Gasteiger partial charge is 0.351 e. The van der Waals surface area contributed by atoms with Crippen molar-refractivity contribution in [2.75, 3.05) is 12.4 Å². The van der Waals surface area contributed by atoms with Crippen LogP contribution in [0.15, 0.2) is 22.7 Å². The molecule has 0 radical (unpaired) electrons. The third-order valence-electron chi connectivity index (χ3n) is 3.64.